The number of oxazole rings is 1. The Morgan fingerprint density at radius 2 is 1.94 bits per heavy atom. The van der Waals surface area contributed by atoms with Crippen LogP contribution in [-0.2, 0) is 11.0 Å². The van der Waals surface area contributed by atoms with Crippen LogP contribution < -0.4 is 10.5 Å². The van der Waals surface area contributed by atoms with Crippen molar-refractivity contribution in [3.8, 4) is 17.2 Å². The van der Waals surface area contributed by atoms with Crippen LogP contribution in [-0.4, -0.2) is 65.4 Å². The molecule has 34 heavy (non-hydrogen) atoms. The zero-order valence-electron chi connectivity index (χ0n) is 18.6. The number of halogens is 3. The van der Waals surface area contributed by atoms with E-state index in [4.69, 9.17) is 14.9 Å². The van der Waals surface area contributed by atoms with Crippen LogP contribution in [0.4, 0.5) is 13.2 Å². The number of carbonyl (C=O) groups is 2. The maximum absolute atomic E-state index is 13.2. The summed E-state index contributed by atoms with van der Waals surface area (Å²) in [7, 11) is 2.97. The van der Waals surface area contributed by atoms with Gasteiger partial charge in [-0.05, 0) is 31.2 Å². The Morgan fingerprint density at radius 3 is 2.56 bits per heavy atom. The van der Waals surface area contributed by atoms with Crippen molar-refractivity contribution >= 4 is 22.7 Å². The fourth-order valence-corrected chi connectivity index (χ4v) is 3.69. The molecule has 1 fully saturated rings. The molecule has 0 aliphatic carbocycles. The van der Waals surface area contributed by atoms with Crippen molar-refractivity contribution in [2.45, 2.75) is 19.1 Å². The lowest BCUT2D eigenvalue weighted by Gasteiger charge is -2.31. The van der Waals surface area contributed by atoms with Gasteiger partial charge < -0.3 is 24.7 Å². The van der Waals surface area contributed by atoms with E-state index in [0.717, 1.165) is 6.07 Å². The molecule has 3 aromatic rings. The van der Waals surface area contributed by atoms with Crippen LogP contribution in [0.5, 0.6) is 5.75 Å². The largest absolute Gasteiger partial charge is 0.494 e. The topological polar surface area (TPSA) is 115 Å². The highest BCUT2D eigenvalue weighted by molar-refractivity contribution is 5.99. The molecule has 4 rings (SSSR count). The van der Waals surface area contributed by atoms with E-state index in [1.165, 1.54) is 29.0 Å². The molecule has 3 heterocycles. The minimum Gasteiger partial charge on any atom is -0.494 e. The Balaban J connectivity index is 1.82. The van der Waals surface area contributed by atoms with Crippen molar-refractivity contribution in [3.63, 3.8) is 0 Å². The van der Waals surface area contributed by atoms with Crippen LogP contribution in [0.3, 0.4) is 0 Å². The average molecular weight is 477 g/mol. The lowest BCUT2D eigenvalue weighted by Crippen LogP contribution is -2.50. The van der Waals surface area contributed by atoms with E-state index in [1.54, 1.807) is 20.0 Å². The predicted octanol–water partition coefficient (Wildman–Crippen LogP) is 2.85. The smallest absolute Gasteiger partial charge is 0.433 e. The Bertz CT molecular complexity index is 1270. The van der Waals surface area contributed by atoms with Gasteiger partial charge in [-0.2, -0.15) is 13.2 Å². The quantitative estimate of drug-likeness (QED) is 0.615. The van der Waals surface area contributed by atoms with Gasteiger partial charge in [0.15, 0.2) is 11.5 Å². The van der Waals surface area contributed by atoms with Crippen molar-refractivity contribution in [1.82, 2.24) is 19.8 Å². The second kappa shape index (κ2) is 8.60. The van der Waals surface area contributed by atoms with Gasteiger partial charge in [0.2, 0.25) is 11.8 Å². The lowest BCUT2D eigenvalue weighted by atomic mass is 10.1. The standard InChI is InChI=1S/C22H22F3N5O4/c1-11(26)19-18(21(32)30-9-8-29(2)16(31)10-30)28-20(34-19)13-4-6-14(33-3)17-12(13)5-7-15(27-17)22(23,24)25/h4-7,11H,8-10,26H2,1-3H3. The molecule has 1 saturated heterocycles. The van der Waals surface area contributed by atoms with Crippen molar-refractivity contribution in [3.05, 3.63) is 41.4 Å². The number of methoxy groups -OCH3 is 1. The van der Waals surface area contributed by atoms with E-state index in [9.17, 15) is 22.8 Å². The molecular formula is C22H22F3N5O4. The molecule has 180 valence electrons. The molecule has 1 aliphatic heterocycles. The second-order valence-electron chi connectivity index (χ2n) is 7.97. The van der Waals surface area contributed by atoms with E-state index >= 15 is 0 Å². The minimum atomic E-state index is -4.64. The molecule has 2 aromatic heterocycles. The second-order valence-corrected chi connectivity index (χ2v) is 7.97. The van der Waals surface area contributed by atoms with Crippen molar-refractivity contribution in [2.24, 2.45) is 5.73 Å². The van der Waals surface area contributed by atoms with Crippen LogP contribution >= 0.6 is 0 Å². The normalized spacial score (nSPS) is 15.7. The number of carbonyl (C=O) groups excluding carboxylic acids is 2. The third-order valence-electron chi connectivity index (χ3n) is 5.57. The summed E-state index contributed by atoms with van der Waals surface area (Å²) < 4.78 is 50.7. The highest BCUT2D eigenvalue weighted by Crippen LogP contribution is 2.37. The van der Waals surface area contributed by atoms with Gasteiger partial charge in [-0.25, -0.2) is 9.97 Å². The summed E-state index contributed by atoms with van der Waals surface area (Å²) in [5, 5.41) is 0.290. The van der Waals surface area contributed by atoms with Crippen molar-refractivity contribution < 1.29 is 31.9 Å². The molecule has 0 spiro atoms. The van der Waals surface area contributed by atoms with Gasteiger partial charge in [-0.3, -0.25) is 9.59 Å². The number of hydrogen-bond acceptors (Lipinski definition) is 7. The number of alkyl halides is 3. The first-order chi connectivity index (χ1) is 16.0. The Hall–Kier alpha value is -3.67. The van der Waals surface area contributed by atoms with E-state index < -0.39 is 23.8 Å². The number of nitrogens with zero attached hydrogens (tertiary/aromatic N) is 4. The number of fused-ring (bicyclic) bond motifs is 1. The van der Waals surface area contributed by atoms with Crippen molar-refractivity contribution in [2.75, 3.05) is 33.8 Å². The van der Waals surface area contributed by atoms with Crippen molar-refractivity contribution in [1.29, 1.82) is 0 Å². The fourth-order valence-electron chi connectivity index (χ4n) is 3.69. The van der Waals surface area contributed by atoms with Gasteiger partial charge in [0, 0.05) is 31.1 Å². The van der Waals surface area contributed by atoms with Gasteiger partial charge in [0.05, 0.1) is 13.2 Å². The molecule has 1 aliphatic rings. The van der Waals surface area contributed by atoms with Gasteiger partial charge in [0.25, 0.3) is 5.91 Å². The molecule has 0 radical (unpaired) electrons. The summed E-state index contributed by atoms with van der Waals surface area (Å²) >= 11 is 0. The average Bonchev–Trinajstić information content (AvgIpc) is 3.24. The summed E-state index contributed by atoms with van der Waals surface area (Å²) in [6.07, 6.45) is -4.64. The van der Waals surface area contributed by atoms with Gasteiger partial charge in [-0.1, -0.05) is 0 Å². The molecule has 0 saturated carbocycles. The molecule has 2 amide bonds. The highest BCUT2D eigenvalue weighted by Gasteiger charge is 2.34. The number of amides is 2. The number of likely N-dealkylation sites (N-methyl/N-ethyl adjacent to an activating group) is 1. The number of pyridine rings is 1. The monoisotopic (exact) mass is 477 g/mol. The van der Waals surface area contributed by atoms with Gasteiger partial charge in [0.1, 0.15) is 23.5 Å². The molecule has 1 aromatic carbocycles. The summed E-state index contributed by atoms with van der Waals surface area (Å²) in [4.78, 5) is 36.2. The van der Waals surface area contributed by atoms with Crippen LogP contribution in [0, 0.1) is 0 Å². The predicted molar refractivity (Wildman–Crippen MR) is 115 cm³/mol. The number of piperazine rings is 1. The lowest BCUT2D eigenvalue weighted by molar-refractivity contribution is -0.141. The Labute approximate surface area is 192 Å². The van der Waals surface area contributed by atoms with Gasteiger partial charge >= 0.3 is 6.18 Å². The minimum absolute atomic E-state index is 0.00897. The third kappa shape index (κ3) is 4.16. The molecule has 1 atom stereocenters. The van der Waals surface area contributed by atoms with Crippen LogP contribution in [0.1, 0.15) is 34.9 Å². The van der Waals surface area contributed by atoms with Crippen LogP contribution in [0.2, 0.25) is 0 Å². The SMILES string of the molecule is COc1ccc(-c2nc(C(=O)N3CCN(C)C(=O)C3)c(C(C)N)o2)c2ccc(C(F)(F)F)nc12. The Kier molecular flexibility index (Phi) is 5.94. The summed E-state index contributed by atoms with van der Waals surface area (Å²) in [5.74, 6) is -0.492. The molecule has 9 nitrogen and oxygen atoms in total. The van der Waals surface area contributed by atoms with Crippen LogP contribution in [0.25, 0.3) is 22.4 Å². The number of ether oxygens (including phenoxy) is 1. The molecule has 12 heteroatoms. The van der Waals surface area contributed by atoms with E-state index in [1.807, 2.05) is 0 Å². The van der Waals surface area contributed by atoms with Crippen LogP contribution in [0.15, 0.2) is 28.7 Å². The highest BCUT2D eigenvalue weighted by atomic mass is 19.4. The number of benzene rings is 1. The Morgan fingerprint density at radius 1 is 1.21 bits per heavy atom. The molecule has 2 N–H and O–H groups in total. The molecule has 1 unspecified atom stereocenters. The first kappa shape index (κ1) is 23.5. The fraction of sp³-hybridized carbons (Fsp3) is 0.364. The zero-order chi connectivity index (χ0) is 24.8. The number of rotatable bonds is 4. The summed E-state index contributed by atoms with van der Waals surface area (Å²) in [5.41, 5.74) is 5.17. The van der Waals surface area contributed by atoms with Gasteiger partial charge in [-0.15, -0.1) is 0 Å². The summed E-state index contributed by atoms with van der Waals surface area (Å²) in [6, 6.07) is 4.40. The maximum atomic E-state index is 13.2. The molecular weight excluding hydrogens is 455 g/mol. The van der Waals surface area contributed by atoms with E-state index in [0.29, 0.717) is 24.0 Å². The third-order valence-corrected chi connectivity index (χ3v) is 5.57. The maximum Gasteiger partial charge on any atom is 0.433 e. The number of nitrogens with two attached hydrogens (primary N) is 1. The first-order valence-corrected chi connectivity index (χ1v) is 10.4. The zero-order valence-corrected chi connectivity index (χ0v) is 18.6. The van der Waals surface area contributed by atoms with E-state index in [2.05, 4.69) is 9.97 Å². The van der Waals surface area contributed by atoms with E-state index in [-0.39, 0.29) is 41.1 Å². The number of aromatic nitrogens is 2. The summed E-state index contributed by atoms with van der Waals surface area (Å²) in [6.45, 7) is 2.20. The first-order valence-electron chi connectivity index (χ1n) is 10.4. The number of hydrogen-bond donors (Lipinski definition) is 1. The molecule has 0 bridgehead atoms.